The lowest BCUT2D eigenvalue weighted by molar-refractivity contribution is 0.309. The van der Waals surface area contributed by atoms with Gasteiger partial charge in [-0.3, -0.25) is 0 Å². The summed E-state index contributed by atoms with van der Waals surface area (Å²) in [6.07, 6.45) is 2.29. The van der Waals surface area contributed by atoms with Gasteiger partial charge in [-0.05, 0) is 38.1 Å². The Kier molecular flexibility index (Phi) is 5.19. The summed E-state index contributed by atoms with van der Waals surface area (Å²) in [4.78, 5) is 0. The molecule has 2 heteroatoms. The molecule has 1 aromatic rings. The van der Waals surface area contributed by atoms with Gasteiger partial charge in [-0.15, -0.1) is 0 Å². The van der Waals surface area contributed by atoms with Crippen molar-refractivity contribution in [3.8, 4) is 5.75 Å². The van der Waals surface area contributed by atoms with Crippen molar-refractivity contribution in [3.05, 3.63) is 29.8 Å². The normalized spacial score (nSPS) is 12.5. The molecule has 0 radical (unpaired) electrons. The first-order valence-corrected chi connectivity index (χ1v) is 5.68. The highest BCUT2D eigenvalue weighted by Gasteiger charge is 2.03. The molecule has 1 aromatic carbocycles. The van der Waals surface area contributed by atoms with Crippen LogP contribution in [0.3, 0.4) is 0 Å². The molecule has 84 valence electrons. The zero-order valence-corrected chi connectivity index (χ0v) is 9.92. The van der Waals surface area contributed by atoms with Crippen LogP contribution >= 0.6 is 0 Å². The molecule has 0 saturated carbocycles. The van der Waals surface area contributed by atoms with Gasteiger partial charge in [0.15, 0.2) is 0 Å². The average Bonchev–Trinajstić information content (AvgIpc) is 2.29. The predicted molar refractivity (Wildman–Crippen MR) is 64.3 cm³/mol. The van der Waals surface area contributed by atoms with Gasteiger partial charge >= 0.3 is 0 Å². The summed E-state index contributed by atoms with van der Waals surface area (Å²) in [5.74, 6) is 0.975. The van der Waals surface area contributed by atoms with Crippen LogP contribution in [0.1, 0.15) is 38.3 Å². The van der Waals surface area contributed by atoms with Crippen LogP contribution in [0.15, 0.2) is 24.3 Å². The molecule has 2 nitrogen and oxygen atoms in total. The Bertz CT molecular complexity index is 286. The number of hydrogen-bond acceptors (Lipinski definition) is 2. The van der Waals surface area contributed by atoms with Crippen molar-refractivity contribution in [2.45, 2.75) is 32.7 Å². The highest BCUT2D eigenvalue weighted by Crippen LogP contribution is 2.18. The number of ether oxygens (including phenoxy) is 1. The van der Waals surface area contributed by atoms with Crippen molar-refractivity contribution in [2.24, 2.45) is 0 Å². The minimum Gasteiger partial charge on any atom is -0.494 e. The first-order chi connectivity index (χ1) is 7.27. The van der Waals surface area contributed by atoms with Gasteiger partial charge in [0.25, 0.3) is 0 Å². The van der Waals surface area contributed by atoms with E-state index in [1.807, 2.05) is 19.2 Å². The monoisotopic (exact) mass is 207 g/mol. The quantitative estimate of drug-likeness (QED) is 0.723. The Morgan fingerprint density at radius 1 is 1.40 bits per heavy atom. The third-order valence-corrected chi connectivity index (χ3v) is 2.56. The summed E-state index contributed by atoms with van der Waals surface area (Å²) in [6, 6.07) is 8.66. The molecule has 1 atom stereocenters. The fourth-order valence-electron chi connectivity index (χ4n) is 1.37. The van der Waals surface area contributed by atoms with Gasteiger partial charge in [0.1, 0.15) is 5.75 Å². The number of rotatable bonds is 6. The molecule has 1 unspecified atom stereocenters. The number of nitrogens with one attached hydrogen (secondary N) is 1. The molecule has 0 saturated heterocycles. The lowest BCUT2D eigenvalue weighted by atomic mass is 10.1. The molecule has 0 aliphatic heterocycles. The highest BCUT2D eigenvalue weighted by atomic mass is 16.5. The van der Waals surface area contributed by atoms with Gasteiger partial charge in [0.05, 0.1) is 6.61 Å². The van der Waals surface area contributed by atoms with Gasteiger partial charge in [-0.2, -0.15) is 0 Å². The van der Waals surface area contributed by atoms with E-state index in [-0.39, 0.29) is 0 Å². The predicted octanol–water partition coefficient (Wildman–Crippen LogP) is 3.15. The van der Waals surface area contributed by atoms with Crippen molar-refractivity contribution in [1.29, 1.82) is 0 Å². The van der Waals surface area contributed by atoms with Crippen molar-refractivity contribution in [2.75, 3.05) is 13.7 Å². The second kappa shape index (κ2) is 6.46. The number of unbranched alkanes of at least 4 members (excludes halogenated alkanes) is 1. The number of benzene rings is 1. The molecule has 1 rings (SSSR count). The van der Waals surface area contributed by atoms with Gasteiger partial charge in [0, 0.05) is 6.04 Å². The second-order valence-corrected chi connectivity index (χ2v) is 3.78. The lowest BCUT2D eigenvalue weighted by Crippen LogP contribution is -2.12. The molecule has 0 aromatic heterocycles. The maximum atomic E-state index is 5.65. The van der Waals surface area contributed by atoms with E-state index in [9.17, 15) is 0 Å². The van der Waals surface area contributed by atoms with Crippen LogP contribution in [0.5, 0.6) is 5.75 Å². The van der Waals surface area contributed by atoms with Gasteiger partial charge < -0.3 is 10.1 Å². The maximum Gasteiger partial charge on any atom is 0.119 e. The Morgan fingerprint density at radius 3 is 2.87 bits per heavy atom. The molecule has 1 N–H and O–H groups in total. The lowest BCUT2D eigenvalue weighted by Gasteiger charge is -2.12. The van der Waals surface area contributed by atoms with Crippen LogP contribution in [0, 0.1) is 0 Å². The molecule has 0 spiro atoms. The molecular formula is C13H21NO. The van der Waals surface area contributed by atoms with Gasteiger partial charge in [-0.25, -0.2) is 0 Å². The maximum absolute atomic E-state index is 5.65. The van der Waals surface area contributed by atoms with E-state index >= 15 is 0 Å². The van der Waals surface area contributed by atoms with E-state index in [4.69, 9.17) is 4.74 Å². The van der Waals surface area contributed by atoms with Crippen LogP contribution in [0.25, 0.3) is 0 Å². The van der Waals surface area contributed by atoms with Gasteiger partial charge in [-0.1, -0.05) is 25.5 Å². The molecule has 0 heterocycles. The van der Waals surface area contributed by atoms with Crippen LogP contribution in [-0.2, 0) is 0 Å². The molecule has 0 amide bonds. The molecule has 0 bridgehead atoms. The SMILES string of the molecule is CCCCOc1cccc(C(C)NC)c1. The van der Waals surface area contributed by atoms with E-state index in [2.05, 4.69) is 31.3 Å². The Balaban J connectivity index is 2.57. The van der Waals surface area contributed by atoms with Crippen molar-refractivity contribution in [1.82, 2.24) is 5.32 Å². The third-order valence-electron chi connectivity index (χ3n) is 2.56. The highest BCUT2D eigenvalue weighted by molar-refractivity contribution is 5.30. The molecule has 0 aliphatic rings. The fourth-order valence-corrected chi connectivity index (χ4v) is 1.37. The van der Waals surface area contributed by atoms with Crippen molar-refractivity contribution in [3.63, 3.8) is 0 Å². The van der Waals surface area contributed by atoms with Crippen LogP contribution in [0.2, 0.25) is 0 Å². The van der Waals surface area contributed by atoms with E-state index in [1.165, 1.54) is 12.0 Å². The van der Waals surface area contributed by atoms with Gasteiger partial charge in [0.2, 0.25) is 0 Å². The van der Waals surface area contributed by atoms with E-state index in [0.29, 0.717) is 6.04 Å². The summed E-state index contributed by atoms with van der Waals surface area (Å²) in [6.45, 7) is 5.13. The summed E-state index contributed by atoms with van der Waals surface area (Å²) in [5.41, 5.74) is 1.27. The van der Waals surface area contributed by atoms with Crippen LogP contribution < -0.4 is 10.1 Å². The Labute approximate surface area is 92.6 Å². The van der Waals surface area contributed by atoms with Crippen molar-refractivity contribution < 1.29 is 4.74 Å². The number of hydrogen-bond donors (Lipinski definition) is 1. The summed E-state index contributed by atoms with van der Waals surface area (Å²) in [5, 5.41) is 3.22. The standard InChI is InChI=1S/C13H21NO/c1-4-5-9-15-13-8-6-7-12(10-13)11(2)14-3/h6-8,10-11,14H,4-5,9H2,1-3H3. The Hall–Kier alpha value is -1.02. The summed E-state index contributed by atoms with van der Waals surface area (Å²) < 4.78 is 5.65. The fraction of sp³-hybridized carbons (Fsp3) is 0.538. The van der Waals surface area contributed by atoms with Crippen LogP contribution in [-0.4, -0.2) is 13.7 Å². The second-order valence-electron chi connectivity index (χ2n) is 3.78. The summed E-state index contributed by atoms with van der Waals surface area (Å²) >= 11 is 0. The summed E-state index contributed by atoms with van der Waals surface area (Å²) in [7, 11) is 1.97. The first kappa shape index (κ1) is 12.1. The first-order valence-electron chi connectivity index (χ1n) is 5.68. The smallest absolute Gasteiger partial charge is 0.119 e. The average molecular weight is 207 g/mol. The molecule has 15 heavy (non-hydrogen) atoms. The van der Waals surface area contributed by atoms with Crippen molar-refractivity contribution >= 4 is 0 Å². The minimum atomic E-state index is 0.375. The molecular weight excluding hydrogens is 186 g/mol. The van der Waals surface area contributed by atoms with E-state index in [1.54, 1.807) is 0 Å². The van der Waals surface area contributed by atoms with E-state index in [0.717, 1.165) is 18.8 Å². The third kappa shape index (κ3) is 3.92. The topological polar surface area (TPSA) is 21.3 Å². The zero-order chi connectivity index (χ0) is 11.1. The van der Waals surface area contributed by atoms with E-state index < -0.39 is 0 Å². The zero-order valence-electron chi connectivity index (χ0n) is 9.92. The minimum absolute atomic E-state index is 0.375. The molecule has 0 aliphatic carbocycles. The molecule has 0 fully saturated rings. The van der Waals surface area contributed by atoms with Crippen LogP contribution in [0.4, 0.5) is 0 Å². The largest absolute Gasteiger partial charge is 0.494 e. The Morgan fingerprint density at radius 2 is 2.20 bits per heavy atom.